The van der Waals surface area contributed by atoms with Crippen molar-refractivity contribution >= 4 is 23.0 Å². The summed E-state index contributed by atoms with van der Waals surface area (Å²) in [5.41, 5.74) is 2.79. The second kappa shape index (κ2) is 9.32. The number of carbonyl (C=O) groups is 2. The highest BCUT2D eigenvalue weighted by Crippen LogP contribution is 2.40. The molecular formula is C24H31N3O3S. The van der Waals surface area contributed by atoms with E-state index in [0.29, 0.717) is 23.0 Å². The van der Waals surface area contributed by atoms with Crippen LogP contribution in [0.5, 0.6) is 0 Å². The van der Waals surface area contributed by atoms with Crippen LogP contribution in [0, 0.1) is 13.8 Å². The van der Waals surface area contributed by atoms with E-state index in [1.807, 2.05) is 45.3 Å². The molecule has 2 heterocycles. The van der Waals surface area contributed by atoms with Gasteiger partial charge in [-0.2, -0.15) is 0 Å². The summed E-state index contributed by atoms with van der Waals surface area (Å²) in [6, 6.07) is 7.38. The molecule has 1 aliphatic rings. The van der Waals surface area contributed by atoms with E-state index in [0.717, 1.165) is 23.5 Å². The Hall–Kier alpha value is -2.51. The molecule has 0 spiro atoms. The van der Waals surface area contributed by atoms with Gasteiger partial charge in [0.15, 0.2) is 5.76 Å². The lowest BCUT2D eigenvalue weighted by Gasteiger charge is -2.27. The third kappa shape index (κ3) is 4.72. The SMILES string of the molecule is Cc1nc(C)c(C(=O)C2=C(O)C(=O)N(CCCN(C)C)[C@H]2c2ccc(C(C)C)cc2)s1. The van der Waals surface area contributed by atoms with E-state index >= 15 is 0 Å². The topological polar surface area (TPSA) is 73.7 Å². The average Bonchev–Trinajstić information content (AvgIpc) is 3.17. The van der Waals surface area contributed by atoms with Crippen molar-refractivity contribution in [3.63, 3.8) is 0 Å². The molecule has 0 aliphatic carbocycles. The van der Waals surface area contributed by atoms with Crippen LogP contribution in [0.3, 0.4) is 0 Å². The Morgan fingerprint density at radius 1 is 1.23 bits per heavy atom. The standard InChI is InChI=1S/C24H31N3O3S/c1-14(2)17-8-10-18(11-9-17)20-19(21(28)23-15(3)25-16(4)31-23)22(29)24(30)27(20)13-7-12-26(5)6/h8-11,14,20,29H,7,12-13H2,1-6H3/t20-/m0/s1. The van der Waals surface area contributed by atoms with Crippen molar-refractivity contribution in [2.75, 3.05) is 27.2 Å². The lowest BCUT2D eigenvalue weighted by atomic mass is 9.93. The van der Waals surface area contributed by atoms with Gasteiger partial charge in [0.2, 0.25) is 5.78 Å². The number of rotatable bonds is 8. The number of hydrogen-bond acceptors (Lipinski definition) is 6. The molecule has 7 heteroatoms. The Balaban J connectivity index is 2.04. The van der Waals surface area contributed by atoms with Crippen LogP contribution in [0.15, 0.2) is 35.6 Å². The van der Waals surface area contributed by atoms with E-state index in [9.17, 15) is 14.7 Å². The number of nitrogens with zero attached hydrogens (tertiary/aromatic N) is 3. The van der Waals surface area contributed by atoms with Crippen LogP contribution in [-0.4, -0.2) is 58.8 Å². The molecule has 1 amide bonds. The molecule has 0 bridgehead atoms. The molecule has 0 unspecified atom stereocenters. The Kier molecular flexibility index (Phi) is 6.96. The van der Waals surface area contributed by atoms with Crippen molar-refractivity contribution in [3.05, 3.63) is 62.3 Å². The van der Waals surface area contributed by atoms with Crippen molar-refractivity contribution in [2.24, 2.45) is 0 Å². The molecule has 1 aliphatic heterocycles. The van der Waals surface area contributed by atoms with E-state index in [-0.39, 0.29) is 11.4 Å². The predicted molar refractivity (Wildman–Crippen MR) is 124 cm³/mol. The minimum absolute atomic E-state index is 0.152. The molecule has 0 fully saturated rings. The second-order valence-corrected chi connectivity index (χ2v) is 9.82. The fourth-order valence-electron chi connectivity index (χ4n) is 3.95. The van der Waals surface area contributed by atoms with Gasteiger partial charge >= 0.3 is 0 Å². The molecule has 31 heavy (non-hydrogen) atoms. The third-order valence-electron chi connectivity index (χ3n) is 5.58. The van der Waals surface area contributed by atoms with E-state index in [4.69, 9.17) is 0 Å². The van der Waals surface area contributed by atoms with Crippen LogP contribution in [0.25, 0.3) is 0 Å². The van der Waals surface area contributed by atoms with Crippen molar-refractivity contribution in [1.29, 1.82) is 0 Å². The minimum atomic E-state index is -0.606. The molecule has 166 valence electrons. The zero-order valence-corrected chi connectivity index (χ0v) is 19.9. The van der Waals surface area contributed by atoms with Crippen LogP contribution in [0.1, 0.15) is 63.7 Å². The van der Waals surface area contributed by atoms with Gasteiger partial charge in [-0.3, -0.25) is 9.59 Å². The molecule has 0 saturated carbocycles. The first-order valence-corrected chi connectivity index (χ1v) is 11.4. The zero-order chi connectivity index (χ0) is 22.9. The largest absolute Gasteiger partial charge is 0.503 e. The van der Waals surface area contributed by atoms with Crippen LogP contribution < -0.4 is 0 Å². The third-order valence-corrected chi connectivity index (χ3v) is 6.65. The fourth-order valence-corrected chi connectivity index (χ4v) is 4.82. The van der Waals surface area contributed by atoms with Gasteiger partial charge in [-0.05, 0) is 58.0 Å². The number of benzene rings is 1. The first kappa shape index (κ1) is 23.2. The quantitative estimate of drug-likeness (QED) is 0.614. The van der Waals surface area contributed by atoms with Crippen molar-refractivity contribution < 1.29 is 14.7 Å². The van der Waals surface area contributed by atoms with Crippen LogP contribution in [0.2, 0.25) is 0 Å². The van der Waals surface area contributed by atoms with E-state index in [1.54, 1.807) is 11.8 Å². The molecule has 1 aromatic heterocycles. The van der Waals surface area contributed by atoms with Crippen LogP contribution in [-0.2, 0) is 4.79 Å². The first-order chi connectivity index (χ1) is 14.6. The molecule has 2 aromatic rings. The second-order valence-electron chi connectivity index (χ2n) is 8.62. The summed E-state index contributed by atoms with van der Waals surface area (Å²) in [5, 5.41) is 11.6. The van der Waals surface area contributed by atoms with Gasteiger partial charge in [0, 0.05) is 6.54 Å². The number of carbonyl (C=O) groups excluding carboxylic acids is 2. The van der Waals surface area contributed by atoms with Crippen LogP contribution in [0.4, 0.5) is 0 Å². The number of Topliss-reactive ketones (excluding diaryl/α,β-unsaturated/α-hetero) is 1. The number of aryl methyl sites for hydroxylation is 2. The van der Waals surface area contributed by atoms with Gasteiger partial charge in [-0.1, -0.05) is 38.1 Å². The summed E-state index contributed by atoms with van der Waals surface area (Å²) in [4.78, 5) is 35.0. The van der Waals surface area contributed by atoms with Gasteiger partial charge in [-0.25, -0.2) is 4.98 Å². The molecule has 0 saturated heterocycles. The summed E-state index contributed by atoms with van der Waals surface area (Å²) < 4.78 is 0. The Morgan fingerprint density at radius 3 is 2.39 bits per heavy atom. The van der Waals surface area contributed by atoms with Gasteiger partial charge in [-0.15, -0.1) is 11.3 Å². The van der Waals surface area contributed by atoms with Crippen molar-refractivity contribution in [3.8, 4) is 0 Å². The van der Waals surface area contributed by atoms with Gasteiger partial charge in [0.1, 0.15) is 0 Å². The maximum absolute atomic E-state index is 13.5. The number of ketones is 1. The first-order valence-electron chi connectivity index (χ1n) is 10.6. The number of aliphatic hydroxyl groups is 1. The highest BCUT2D eigenvalue weighted by atomic mass is 32.1. The average molecular weight is 442 g/mol. The fraction of sp³-hybridized carbons (Fsp3) is 0.458. The minimum Gasteiger partial charge on any atom is -0.503 e. The molecule has 1 aromatic carbocycles. The maximum Gasteiger partial charge on any atom is 0.290 e. The Labute approximate surface area is 188 Å². The number of aromatic nitrogens is 1. The molecule has 6 nitrogen and oxygen atoms in total. The Morgan fingerprint density at radius 2 is 1.87 bits per heavy atom. The molecular weight excluding hydrogens is 410 g/mol. The van der Waals surface area contributed by atoms with Gasteiger partial charge < -0.3 is 14.9 Å². The normalized spacial score (nSPS) is 16.8. The highest BCUT2D eigenvalue weighted by Gasteiger charge is 2.44. The number of thiazole rings is 1. The maximum atomic E-state index is 13.5. The summed E-state index contributed by atoms with van der Waals surface area (Å²) in [6.07, 6.45) is 0.743. The molecule has 1 N–H and O–H groups in total. The zero-order valence-electron chi connectivity index (χ0n) is 19.1. The number of aliphatic hydroxyl groups excluding tert-OH is 1. The van der Waals surface area contributed by atoms with E-state index in [2.05, 4.69) is 23.7 Å². The molecule has 1 atom stereocenters. The molecule has 0 radical (unpaired) electrons. The van der Waals surface area contributed by atoms with Crippen molar-refractivity contribution in [2.45, 2.75) is 46.1 Å². The smallest absolute Gasteiger partial charge is 0.290 e. The van der Waals surface area contributed by atoms with E-state index in [1.165, 1.54) is 16.9 Å². The predicted octanol–water partition coefficient (Wildman–Crippen LogP) is 4.41. The van der Waals surface area contributed by atoms with Crippen molar-refractivity contribution in [1.82, 2.24) is 14.8 Å². The van der Waals surface area contributed by atoms with E-state index < -0.39 is 17.7 Å². The van der Waals surface area contributed by atoms with Crippen LogP contribution >= 0.6 is 11.3 Å². The summed E-state index contributed by atoms with van der Waals surface area (Å²) in [5.74, 6) is -0.873. The Bertz CT molecular complexity index is 1010. The summed E-state index contributed by atoms with van der Waals surface area (Å²) >= 11 is 1.30. The summed E-state index contributed by atoms with van der Waals surface area (Å²) in [6.45, 7) is 9.13. The van der Waals surface area contributed by atoms with Gasteiger partial charge in [0.05, 0.1) is 27.2 Å². The molecule has 3 rings (SSSR count). The summed E-state index contributed by atoms with van der Waals surface area (Å²) in [7, 11) is 3.96. The lowest BCUT2D eigenvalue weighted by molar-refractivity contribution is -0.129. The lowest BCUT2D eigenvalue weighted by Crippen LogP contribution is -2.33. The monoisotopic (exact) mass is 441 g/mol. The number of amides is 1. The van der Waals surface area contributed by atoms with Gasteiger partial charge in [0.25, 0.3) is 5.91 Å². The highest BCUT2D eigenvalue weighted by molar-refractivity contribution is 7.14. The number of hydrogen-bond donors (Lipinski definition) is 1.